The summed E-state index contributed by atoms with van der Waals surface area (Å²) in [6.45, 7) is 3.14. The molecule has 2 atom stereocenters. The number of methoxy groups -OCH3 is 1. The Balaban J connectivity index is 1.77. The van der Waals surface area contributed by atoms with Gasteiger partial charge in [0.25, 0.3) is 0 Å². The van der Waals surface area contributed by atoms with E-state index < -0.39 is 0 Å². The summed E-state index contributed by atoms with van der Waals surface area (Å²) in [5.41, 5.74) is 0.760. The highest BCUT2D eigenvalue weighted by molar-refractivity contribution is 5.92. The smallest absolute Gasteiger partial charge is 0.310 e. The molecule has 112 valence electrons. The lowest BCUT2D eigenvalue weighted by Crippen LogP contribution is -2.38. The number of benzene rings is 1. The molecule has 1 aliphatic heterocycles. The lowest BCUT2D eigenvalue weighted by Gasteiger charge is -2.23. The van der Waals surface area contributed by atoms with Gasteiger partial charge in [-0.3, -0.25) is 9.59 Å². The van der Waals surface area contributed by atoms with Crippen LogP contribution in [0.1, 0.15) is 25.3 Å². The number of hydrogen-bond acceptors (Lipinski definition) is 3. The average Bonchev–Trinajstić information content (AvgIpc) is 3.24. The molecule has 0 radical (unpaired) electrons. The predicted molar refractivity (Wildman–Crippen MR) is 78.6 cm³/mol. The second-order valence-corrected chi connectivity index (χ2v) is 6.27. The highest BCUT2D eigenvalue weighted by Gasteiger charge is 2.54. The van der Waals surface area contributed by atoms with Crippen molar-refractivity contribution < 1.29 is 14.3 Å². The van der Waals surface area contributed by atoms with E-state index in [-0.39, 0.29) is 29.1 Å². The Morgan fingerprint density at radius 2 is 1.86 bits per heavy atom. The normalized spacial score (nSPS) is 26.5. The fraction of sp³-hybridized carbons (Fsp3) is 0.529. The molecular formula is C17H21NO3. The molecule has 1 saturated carbocycles. The van der Waals surface area contributed by atoms with Crippen molar-refractivity contribution in [1.82, 2.24) is 4.90 Å². The number of rotatable bonds is 3. The molecule has 1 aliphatic carbocycles. The maximum Gasteiger partial charge on any atom is 0.310 e. The van der Waals surface area contributed by atoms with Gasteiger partial charge in [-0.05, 0) is 24.3 Å². The van der Waals surface area contributed by atoms with Crippen LogP contribution >= 0.6 is 0 Å². The van der Waals surface area contributed by atoms with Crippen LogP contribution in [0.2, 0.25) is 0 Å². The topological polar surface area (TPSA) is 46.6 Å². The number of likely N-dealkylation sites (tertiary alicyclic amines) is 1. The Kier molecular flexibility index (Phi) is 3.47. The van der Waals surface area contributed by atoms with E-state index in [2.05, 4.69) is 0 Å². The highest BCUT2D eigenvalue weighted by atomic mass is 16.5. The molecule has 21 heavy (non-hydrogen) atoms. The van der Waals surface area contributed by atoms with E-state index >= 15 is 0 Å². The second kappa shape index (κ2) is 5.17. The molecule has 2 unspecified atom stereocenters. The Labute approximate surface area is 125 Å². The molecule has 3 rings (SSSR count). The molecular weight excluding hydrogens is 266 g/mol. The van der Waals surface area contributed by atoms with Crippen LogP contribution in [-0.4, -0.2) is 37.0 Å². The summed E-state index contributed by atoms with van der Waals surface area (Å²) in [4.78, 5) is 26.5. The predicted octanol–water partition coefficient (Wildman–Crippen LogP) is 1.99. The first-order valence-electron chi connectivity index (χ1n) is 7.51. The number of amides is 1. The third-order valence-electron chi connectivity index (χ3n) is 4.89. The summed E-state index contributed by atoms with van der Waals surface area (Å²) >= 11 is 0. The summed E-state index contributed by atoms with van der Waals surface area (Å²) in [6, 6.07) is 9.98. The Hall–Kier alpha value is -1.84. The van der Waals surface area contributed by atoms with Crippen molar-refractivity contribution in [3.8, 4) is 0 Å². The summed E-state index contributed by atoms with van der Waals surface area (Å²) < 4.78 is 4.84. The van der Waals surface area contributed by atoms with Crippen LogP contribution in [0.4, 0.5) is 0 Å². The fourth-order valence-electron chi connectivity index (χ4n) is 3.40. The van der Waals surface area contributed by atoms with Crippen molar-refractivity contribution in [2.45, 2.75) is 25.2 Å². The number of carbonyl (C=O) groups excluding carboxylic acids is 2. The Morgan fingerprint density at radius 1 is 1.19 bits per heavy atom. The average molecular weight is 287 g/mol. The zero-order chi connectivity index (χ0) is 15.0. The first-order chi connectivity index (χ1) is 10.1. The van der Waals surface area contributed by atoms with Gasteiger partial charge in [-0.25, -0.2) is 0 Å². The molecule has 1 saturated heterocycles. The van der Waals surface area contributed by atoms with Crippen molar-refractivity contribution in [2.75, 3.05) is 20.2 Å². The molecule has 0 N–H and O–H groups in total. The zero-order valence-corrected chi connectivity index (χ0v) is 12.5. The first-order valence-corrected chi connectivity index (χ1v) is 7.51. The van der Waals surface area contributed by atoms with E-state index in [1.165, 1.54) is 7.11 Å². The molecule has 1 aromatic rings. The van der Waals surface area contributed by atoms with Gasteiger partial charge in [-0.1, -0.05) is 37.3 Å². The molecule has 1 heterocycles. The van der Waals surface area contributed by atoms with Crippen molar-refractivity contribution in [1.29, 1.82) is 0 Å². The second-order valence-electron chi connectivity index (χ2n) is 6.27. The van der Waals surface area contributed by atoms with Crippen LogP contribution in [0.25, 0.3) is 0 Å². The molecule has 1 aromatic carbocycles. The van der Waals surface area contributed by atoms with Gasteiger partial charge in [0.15, 0.2) is 0 Å². The SMILES string of the molecule is COC(=O)C1CN(C(=O)C2(c3ccccc3)CC2)CC1C. The van der Waals surface area contributed by atoms with Crippen LogP contribution in [0.3, 0.4) is 0 Å². The van der Waals surface area contributed by atoms with Crippen molar-refractivity contribution >= 4 is 11.9 Å². The zero-order valence-electron chi connectivity index (χ0n) is 12.5. The third kappa shape index (κ3) is 2.33. The van der Waals surface area contributed by atoms with Gasteiger partial charge in [0, 0.05) is 13.1 Å². The molecule has 1 amide bonds. The minimum atomic E-state index is -0.341. The third-order valence-corrected chi connectivity index (χ3v) is 4.89. The van der Waals surface area contributed by atoms with Gasteiger partial charge in [-0.2, -0.15) is 0 Å². The molecule has 0 bridgehead atoms. The van der Waals surface area contributed by atoms with E-state index in [0.29, 0.717) is 13.1 Å². The van der Waals surface area contributed by atoms with Crippen LogP contribution in [0, 0.1) is 11.8 Å². The maximum absolute atomic E-state index is 12.9. The van der Waals surface area contributed by atoms with Gasteiger partial charge >= 0.3 is 5.97 Å². The summed E-state index contributed by atoms with van der Waals surface area (Å²) in [5.74, 6) is -0.0622. The molecule has 2 aliphatic rings. The lowest BCUT2D eigenvalue weighted by molar-refractivity contribution is -0.146. The van der Waals surface area contributed by atoms with E-state index in [1.54, 1.807) is 0 Å². The summed E-state index contributed by atoms with van der Waals surface area (Å²) in [5, 5.41) is 0. The number of nitrogens with zero attached hydrogens (tertiary/aromatic N) is 1. The Bertz CT molecular complexity index is 550. The van der Waals surface area contributed by atoms with E-state index in [9.17, 15) is 9.59 Å². The summed E-state index contributed by atoms with van der Waals surface area (Å²) in [7, 11) is 1.41. The highest BCUT2D eigenvalue weighted by Crippen LogP contribution is 2.50. The van der Waals surface area contributed by atoms with E-state index in [0.717, 1.165) is 18.4 Å². The van der Waals surface area contributed by atoms with Crippen molar-refractivity contribution in [3.63, 3.8) is 0 Å². The molecule has 4 heteroatoms. The lowest BCUT2D eigenvalue weighted by atomic mass is 9.94. The van der Waals surface area contributed by atoms with Gasteiger partial charge in [0.05, 0.1) is 18.4 Å². The van der Waals surface area contributed by atoms with Gasteiger partial charge in [0.1, 0.15) is 0 Å². The number of esters is 1. The van der Waals surface area contributed by atoms with Gasteiger partial charge in [-0.15, -0.1) is 0 Å². The van der Waals surface area contributed by atoms with Crippen LogP contribution < -0.4 is 0 Å². The van der Waals surface area contributed by atoms with Crippen molar-refractivity contribution in [2.24, 2.45) is 11.8 Å². The number of carbonyl (C=O) groups is 2. The molecule has 4 nitrogen and oxygen atoms in total. The minimum absolute atomic E-state index is 0.160. The van der Waals surface area contributed by atoms with Gasteiger partial charge < -0.3 is 9.64 Å². The number of hydrogen-bond donors (Lipinski definition) is 0. The van der Waals surface area contributed by atoms with Crippen molar-refractivity contribution in [3.05, 3.63) is 35.9 Å². The van der Waals surface area contributed by atoms with Gasteiger partial charge in [0.2, 0.25) is 5.91 Å². The quantitative estimate of drug-likeness (QED) is 0.799. The Morgan fingerprint density at radius 3 is 2.43 bits per heavy atom. The van der Waals surface area contributed by atoms with Crippen LogP contribution in [0.15, 0.2) is 30.3 Å². The van der Waals surface area contributed by atoms with E-state index in [4.69, 9.17) is 4.74 Å². The minimum Gasteiger partial charge on any atom is -0.469 e. The monoisotopic (exact) mass is 287 g/mol. The standard InChI is InChI=1S/C17H21NO3/c1-12-10-18(11-14(12)15(19)21-2)16(20)17(8-9-17)13-6-4-3-5-7-13/h3-7,12,14H,8-11H2,1-2H3. The van der Waals surface area contributed by atoms with Crippen LogP contribution in [-0.2, 0) is 19.7 Å². The molecule has 0 aromatic heterocycles. The fourth-order valence-corrected chi connectivity index (χ4v) is 3.40. The number of ether oxygens (including phenoxy) is 1. The van der Waals surface area contributed by atoms with Crippen LogP contribution in [0.5, 0.6) is 0 Å². The maximum atomic E-state index is 12.9. The summed E-state index contributed by atoms with van der Waals surface area (Å²) in [6.07, 6.45) is 1.81. The first kappa shape index (κ1) is 14.1. The molecule has 0 spiro atoms. The van der Waals surface area contributed by atoms with E-state index in [1.807, 2.05) is 42.2 Å². The molecule has 2 fully saturated rings. The largest absolute Gasteiger partial charge is 0.469 e.